The molecule has 3 heterocycles. The van der Waals surface area contributed by atoms with Crippen LogP contribution in [0.2, 0.25) is 0 Å². The van der Waals surface area contributed by atoms with Gasteiger partial charge in [0.15, 0.2) is 4.96 Å². The Morgan fingerprint density at radius 1 is 1.35 bits per heavy atom. The van der Waals surface area contributed by atoms with Crippen molar-refractivity contribution in [2.45, 2.75) is 12.8 Å². The number of carbonyl (C=O) groups excluding carboxylic acids is 2. The van der Waals surface area contributed by atoms with Gasteiger partial charge in [-0.1, -0.05) is 12.1 Å². The van der Waals surface area contributed by atoms with Crippen LogP contribution < -0.4 is 5.73 Å². The van der Waals surface area contributed by atoms with E-state index in [9.17, 15) is 14.0 Å². The van der Waals surface area contributed by atoms with Crippen molar-refractivity contribution < 1.29 is 14.0 Å². The third-order valence-corrected chi connectivity index (χ3v) is 5.50. The van der Waals surface area contributed by atoms with Crippen molar-refractivity contribution in [1.29, 1.82) is 0 Å². The summed E-state index contributed by atoms with van der Waals surface area (Å²) in [7, 11) is 0. The van der Waals surface area contributed by atoms with E-state index in [0.29, 0.717) is 41.4 Å². The van der Waals surface area contributed by atoms with E-state index >= 15 is 0 Å². The molecular weight excluding hydrogens is 355 g/mol. The maximum atomic E-state index is 13.5. The van der Waals surface area contributed by atoms with Gasteiger partial charge in [0.2, 0.25) is 5.91 Å². The zero-order valence-corrected chi connectivity index (χ0v) is 14.7. The number of carbonyl (C=O) groups is 2. The number of thiazole rings is 1. The van der Waals surface area contributed by atoms with Crippen LogP contribution in [-0.2, 0) is 4.79 Å². The first kappa shape index (κ1) is 16.7. The topological polar surface area (TPSA) is 80.7 Å². The Bertz CT molecular complexity index is 996. The van der Waals surface area contributed by atoms with E-state index < -0.39 is 0 Å². The molecule has 2 N–H and O–H groups in total. The van der Waals surface area contributed by atoms with Crippen molar-refractivity contribution in [1.82, 2.24) is 14.3 Å². The molecule has 0 aliphatic carbocycles. The lowest BCUT2D eigenvalue weighted by Gasteiger charge is -2.30. The van der Waals surface area contributed by atoms with Crippen LogP contribution in [0.1, 0.15) is 23.3 Å². The average molecular weight is 372 g/mol. The minimum Gasteiger partial charge on any atom is -0.369 e. The maximum absolute atomic E-state index is 13.5. The molecule has 1 aromatic carbocycles. The summed E-state index contributed by atoms with van der Waals surface area (Å²) in [6, 6.07) is 6.19. The van der Waals surface area contributed by atoms with Crippen LogP contribution >= 0.6 is 11.3 Å². The van der Waals surface area contributed by atoms with E-state index in [1.807, 2.05) is 0 Å². The van der Waals surface area contributed by atoms with E-state index in [-0.39, 0.29) is 23.5 Å². The van der Waals surface area contributed by atoms with Crippen molar-refractivity contribution in [2.24, 2.45) is 11.7 Å². The van der Waals surface area contributed by atoms with E-state index in [1.165, 1.54) is 23.5 Å². The number of rotatable bonds is 3. The van der Waals surface area contributed by atoms with E-state index in [4.69, 9.17) is 5.73 Å². The number of halogens is 1. The van der Waals surface area contributed by atoms with Crippen LogP contribution in [0.4, 0.5) is 4.39 Å². The first-order chi connectivity index (χ1) is 12.5. The second kappa shape index (κ2) is 6.53. The highest BCUT2D eigenvalue weighted by Crippen LogP contribution is 2.26. The Morgan fingerprint density at radius 3 is 2.96 bits per heavy atom. The molecule has 1 unspecified atom stereocenters. The quantitative estimate of drug-likeness (QED) is 0.767. The van der Waals surface area contributed by atoms with Crippen LogP contribution in [0, 0.1) is 11.7 Å². The number of amides is 2. The highest BCUT2D eigenvalue weighted by molar-refractivity contribution is 7.15. The molecule has 26 heavy (non-hydrogen) atoms. The zero-order chi connectivity index (χ0) is 18.3. The summed E-state index contributed by atoms with van der Waals surface area (Å²) in [6.45, 7) is 0.947. The van der Waals surface area contributed by atoms with Gasteiger partial charge in [0, 0.05) is 30.2 Å². The fourth-order valence-electron chi connectivity index (χ4n) is 3.28. The van der Waals surface area contributed by atoms with Crippen molar-refractivity contribution in [3.05, 3.63) is 47.4 Å². The van der Waals surface area contributed by atoms with Gasteiger partial charge in [-0.2, -0.15) is 0 Å². The molecule has 4 rings (SSSR count). The molecule has 0 bridgehead atoms. The summed E-state index contributed by atoms with van der Waals surface area (Å²) in [5.74, 6) is -1.15. The molecule has 134 valence electrons. The third kappa shape index (κ3) is 2.96. The summed E-state index contributed by atoms with van der Waals surface area (Å²) >= 11 is 1.35. The summed E-state index contributed by atoms with van der Waals surface area (Å²) < 4.78 is 15.2. The minimum absolute atomic E-state index is 0.148. The minimum atomic E-state index is -0.367. The van der Waals surface area contributed by atoms with Gasteiger partial charge in [0.05, 0.1) is 11.6 Å². The Labute approximate surface area is 153 Å². The van der Waals surface area contributed by atoms with E-state index in [2.05, 4.69) is 4.98 Å². The van der Waals surface area contributed by atoms with Gasteiger partial charge >= 0.3 is 0 Å². The molecule has 2 aromatic heterocycles. The fourth-order valence-corrected chi connectivity index (χ4v) is 4.13. The Kier molecular flexibility index (Phi) is 4.20. The fraction of sp³-hybridized carbons (Fsp3) is 0.278. The van der Waals surface area contributed by atoms with Gasteiger partial charge in [-0.05, 0) is 25.0 Å². The van der Waals surface area contributed by atoms with E-state index in [1.54, 1.807) is 33.0 Å². The molecular formula is C18H17FN4O2S. The van der Waals surface area contributed by atoms with Crippen molar-refractivity contribution >= 4 is 28.1 Å². The largest absolute Gasteiger partial charge is 0.369 e. The predicted molar refractivity (Wildman–Crippen MR) is 96.3 cm³/mol. The van der Waals surface area contributed by atoms with Gasteiger partial charge in [0.1, 0.15) is 11.5 Å². The Balaban J connectivity index is 1.64. The number of nitrogens with two attached hydrogens (primary N) is 1. The molecule has 0 saturated carbocycles. The first-order valence-corrected chi connectivity index (χ1v) is 9.22. The lowest BCUT2D eigenvalue weighted by atomic mass is 9.97. The second-order valence-corrected chi connectivity index (χ2v) is 7.24. The molecule has 1 fully saturated rings. The summed E-state index contributed by atoms with van der Waals surface area (Å²) in [5.41, 5.74) is 7.16. The Hall–Kier alpha value is -2.74. The monoisotopic (exact) mass is 372 g/mol. The number of hydrogen-bond donors (Lipinski definition) is 1. The summed E-state index contributed by atoms with van der Waals surface area (Å²) in [6.07, 6.45) is 3.21. The van der Waals surface area contributed by atoms with Crippen LogP contribution in [0.15, 0.2) is 35.8 Å². The number of likely N-dealkylation sites (tertiary alicyclic amines) is 1. The van der Waals surface area contributed by atoms with Crippen LogP contribution in [-0.4, -0.2) is 39.2 Å². The molecule has 0 spiro atoms. The normalized spacial score (nSPS) is 17.6. The van der Waals surface area contributed by atoms with Gasteiger partial charge in [-0.15, -0.1) is 11.3 Å². The van der Waals surface area contributed by atoms with Gasteiger partial charge < -0.3 is 10.6 Å². The molecule has 6 nitrogen and oxygen atoms in total. The first-order valence-electron chi connectivity index (χ1n) is 8.34. The van der Waals surface area contributed by atoms with Crippen molar-refractivity contribution in [3.8, 4) is 11.3 Å². The number of fused-ring (bicyclic) bond motifs is 1. The lowest BCUT2D eigenvalue weighted by Crippen LogP contribution is -2.44. The van der Waals surface area contributed by atoms with Gasteiger partial charge in [0.25, 0.3) is 5.91 Å². The number of benzene rings is 1. The lowest BCUT2D eigenvalue weighted by molar-refractivity contribution is -0.123. The van der Waals surface area contributed by atoms with Crippen LogP contribution in [0.3, 0.4) is 0 Å². The van der Waals surface area contributed by atoms with Crippen LogP contribution in [0.25, 0.3) is 16.2 Å². The Morgan fingerprint density at radius 2 is 2.19 bits per heavy atom. The average Bonchev–Trinajstić information content (AvgIpc) is 3.22. The molecule has 1 atom stereocenters. The summed E-state index contributed by atoms with van der Waals surface area (Å²) in [5, 5.41) is 1.76. The highest BCUT2D eigenvalue weighted by Gasteiger charge is 2.29. The molecule has 1 aliphatic rings. The summed E-state index contributed by atoms with van der Waals surface area (Å²) in [4.78, 5) is 31.2. The number of imidazole rings is 1. The second-order valence-electron chi connectivity index (χ2n) is 6.40. The number of nitrogens with zero attached hydrogens (tertiary/aromatic N) is 3. The van der Waals surface area contributed by atoms with E-state index in [0.717, 1.165) is 6.42 Å². The molecule has 3 aromatic rings. The maximum Gasteiger partial charge on any atom is 0.271 e. The number of primary amides is 1. The van der Waals surface area contributed by atoms with Crippen molar-refractivity contribution in [3.63, 3.8) is 0 Å². The highest BCUT2D eigenvalue weighted by atomic mass is 32.1. The van der Waals surface area contributed by atoms with Gasteiger partial charge in [-0.3, -0.25) is 14.0 Å². The number of hydrogen-bond acceptors (Lipinski definition) is 4. The smallest absolute Gasteiger partial charge is 0.271 e. The standard InChI is InChI=1S/C18H17FN4O2S/c19-13-5-1-3-11(7-13)14-9-23-15(10-26-18(23)21-14)17(25)22-6-2-4-12(8-22)16(20)24/h1,3,5,7,9-10,12H,2,4,6,8H2,(H2,20,24). The molecule has 0 radical (unpaired) electrons. The molecule has 2 amide bonds. The molecule has 8 heteroatoms. The SMILES string of the molecule is NC(=O)C1CCCN(C(=O)c2csc3nc(-c4cccc(F)c4)cn23)C1. The van der Waals surface area contributed by atoms with Gasteiger partial charge in [-0.25, -0.2) is 9.37 Å². The number of aromatic nitrogens is 2. The zero-order valence-electron chi connectivity index (χ0n) is 13.9. The number of piperidine rings is 1. The molecule has 1 aliphatic heterocycles. The van der Waals surface area contributed by atoms with Crippen LogP contribution in [0.5, 0.6) is 0 Å². The third-order valence-electron chi connectivity index (χ3n) is 4.66. The predicted octanol–water partition coefficient (Wildman–Crippen LogP) is 2.54. The molecule has 1 saturated heterocycles. The van der Waals surface area contributed by atoms with Crippen molar-refractivity contribution in [2.75, 3.05) is 13.1 Å².